The van der Waals surface area contributed by atoms with Gasteiger partial charge in [-0.3, -0.25) is 14.5 Å². The van der Waals surface area contributed by atoms with E-state index in [0.717, 1.165) is 29.8 Å². The summed E-state index contributed by atoms with van der Waals surface area (Å²) in [6, 6.07) is 19.2. The number of nitrogens with one attached hydrogen (secondary N) is 2. The molecule has 5 rings (SSSR count). The largest absolute Gasteiger partial charge is 0.349 e. The van der Waals surface area contributed by atoms with E-state index in [4.69, 9.17) is 0 Å². The van der Waals surface area contributed by atoms with Crippen LogP contribution >= 0.6 is 0 Å². The van der Waals surface area contributed by atoms with Crippen LogP contribution in [0.3, 0.4) is 0 Å². The van der Waals surface area contributed by atoms with Gasteiger partial charge in [-0.2, -0.15) is 5.10 Å². The summed E-state index contributed by atoms with van der Waals surface area (Å²) in [5.41, 5.74) is 2.06. The van der Waals surface area contributed by atoms with Gasteiger partial charge < -0.3 is 15.5 Å². The van der Waals surface area contributed by atoms with Crippen LogP contribution in [0.4, 0.5) is 4.79 Å². The number of aromatic nitrogens is 2. The number of hydrogen-bond donors (Lipinski definition) is 2. The molecule has 2 aromatic carbocycles. The van der Waals surface area contributed by atoms with Gasteiger partial charge in [0.05, 0.1) is 18.3 Å². The Bertz CT molecular complexity index is 1280. The molecule has 9 heteroatoms. The van der Waals surface area contributed by atoms with E-state index in [1.165, 1.54) is 4.90 Å². The molecule has 2 N–H and O–H groups in total. The van der Waals surface area contributed by atoms with E-state index < -0.39 is 5.54 Å². The lowest BCUT2D eigenvalue weighted by Gasteiger charge is -2.37. The van der Waals surface area contributed by atoms with Crippen molar-refractivity contribution >= 4 is 17.8 Å². The predicted molar refractivity (Wildman–Crippen MR) is 148 cm³/mol. The summed E-state index contributed by atoms with van der Waals surface area (Å²) in [5.74, 6) is -0.188. The molecule has 0 bridgehead atoms. The summed E-state index contributed by atoms with van der Waals surface area (Å²) in [4.78, 5) is 42.4. The van der Waals surface area contributed by atoms with Crippen LogP contribution in [0.25, 0.3) is 5.69 Å². The second kappa shape index (κ2) is 11.4. The first kappa shape index (κ1) is 26.6. The maximum absolute atomic E-state index is 13.5. The van der Waals surface area contributed by atoms with Crippen molar-refractivity contribution in [3.05, 3.63) is 84.2 Å². The third-order valence-electron chi connectivity index (χ3n) is 7.78. The first-order valence-corrected chi connectivity index (χ1v) is 13.7. The molecule has 204 valence electrons. The quantitative estimate of drug-likeness (QED) is 0.413. The van der Waals surface area contributed by atoms with Crippen LogP contribution in [0.5, 0.6) is 0 Å². The number of amides is 4. The smallest absolute Gasteiger partial charge is 0.325 e. The number of nitrogens with zero attached hydrogens (tertiary/aromatic N) is 4. The highest BCUT2D eigenvalue weighted by Crippen LogP contribution is 2.31. The molecule has 3 heterocycles. The molecule has 9 nitrogen and oxygen atoms in total. The molecule has 2 aliphatic heterocycles. The van der Waals surface area contributed by atoms with E-state index in [1.807, 2.05) is 80.7 Å². The third-order valence-corrected chi connectivity index (χ3v) is 7.78. The van der Waals surface area contributed by atoms with Crippen molar-refractivity contribution in [3.8, 4) is 5.69 Å². The molecule has 2 fully saturated rings. The monoisotopic (exact) mass is 528 g/mol. The van der Waals surface area contributed by atoms with Crippen LogP contribution in [0.2, 0.25) is 0 Å². The van der Waals surface area contributed by atoms with Crippen LogP contribution in [0, 0.1) is 5.92 Å². The molecule has 0 aliphatic carbocycles. The Kier molecular flexibility index (Phi) is 7.79. The van der Waals surface area contributed by atoms with Crippen molar-refractivity contribution in [2.75, 3.05) is 19.6 Å². The normalized spacial score (nSPS) is 18.0. The molecule has 2 saturated heterocycles. The van der Waals surface area contributed by atoms with E-state index in [-0.39, 0.29) is 36.3 Å². The maximum Gasteiger partial charge on any atom is 0.325 e. The Balaban J connectivity index is 1.17. The molecular formula is C30H36N6O3. The average Bonchev–Trinajstić information content (AvgIpc) is 3.56. The van der Waals surface area contributed by atoms with Crippen LogP contribution < -0.4 is 10.6 Å². The Morgan fingerprint density at radius 1 is 1.03 bits per heavy atom. The summed E-state index contributed by atoms with van der Waals surface area (Å²) in [5, 5.41) is 10.4. The topological polar surface area (TPSA) is 99.6 Å². The van der Waals surface area contributed by atoms with Gasteiger partial charge in [0, 0.05) is 37.9 Å². The van der Waals surface area contributed by atoms with Crippen LogP contribution in [-0.4, -0.2) is 62.6 Å². The van der Waals surface area contributed by atoms with Gasteiger partial charge in [-0.05, 0) is 48.6 Å². The predicted octanol–water partition coefficient (Wildman–Crippen LogP) is 3.66. The molecule has 0 saturated carbocycles. The Morgan fingerprint density at radius 3 is 2.38 bits per heavy atom. The minimum absolute atomic E-state index is 0.0387. The first-order chi connectivity index (χ1) is 18.8. The lowest BCUT2D eigenvalue weighted by atomic mass is 9.87. The van der Waals surface area contributed by atoms with E-state index in [0.29, 0.717) is 25.9 Å². The number of rotatable bonds is 9. The van der Waals surface area contributed by atoms with Gasteiger partial charge >= 0.3 is 6.03 Å². The summed E-state index contributed by atoms with van der Waals surface area (Å²) in [6.07, 6.45) is 5.50. The molecule has 0 radical (unpaired) electrons. The van der Waals surface area contributed by atoms with Crippen LogP contribution in [0.1, 0.15) is 50.3 Å². The molecule has 39 heavy (non-hydrogen) atoms. The standard InChI is InChI=1S/C30H36N6O3/c1-22(2)27(37)32-26(24-7-4-3-5-8-24)13-18-34-19-14-30(15-20-34)28(38)35(29(39)33-30)21-23-9-11-25(12-10-23)36-17-6-16-31-36/h3-12,16-17,22,26H,13-15,18-21H2,1-2H3,(H,32,37)(H,33,39). The first-order valence-electron chi connectivity index (χ1n) is 13.7. The number of carbonyl (C=O) groups is 3. The van der Waals surface area contributed by atoms with Gasteiger partial charge in [-0.15, -0.1) is 0 Å². The van der Waals surface area contributed by atoms with E-state index in [1.54, 1.807) is 10.9 Å². The van der Waals surface area contributed by atoms with Gasteiger partial charge in [-0.1, -0.05) is 56.3 Å². The van der Waals surface area contributed by atoms with Gasteiger partial charge in [-0.25, -0.2) is 9.48 Å². The Labute approximate surface area is 229 Å². The number of imide groups is 1. The van der Waals surface area contributed by atoms with Crippen molar-refractivity contribution in [2.45, 2.75) is 51.2 Å². The van der Waals surface area contributed by atoms with Crippen molar-refractivity contribution in [1.29, 1.82) is 0 Å². The minimum atomic E-state index is -0.840. The summed E-state index contributed by atoms with van der Waals surface area (Å²) in [7, 11) is 0. The average molecular weight is 529 g/mol. The summed E-state index contributed by atoms with van der Waals surface area (Å²) < 4.78 is 1.76. The lowest BCUT2D eigenvalue weighted by Crippen LogP contribution is -2.55. The fraction of sp³-hybridized carbons (Fsp3) is 0.400. The number of urea groups is 1. The van der Waals surface area contributed by atoms with Crippen LogP contribution in [0.15, 0.2) is 73.1 Å². The highest BCUT2D eigenvalue weighted by atomic mass is 16.2. The second-order valence-corrected chi connectivity index (χ2v) is 10.8. The zero-order valence-corrected chi connectivity index (χ0v) is 22.5. The fourth-order valence-electron chi connectivity index (χ4n) is 5.33. The Morgan fingerprint density at radius 2 is 1.74 bits per heavy atom. The van der Waals surface area contributed by atoms with Crippen molar-refractivity contribution in [1.82, 2.24) is 30.2 Å². The SMILES string of the molecule is CC(C)C(=O)NC(CCN1CCC2(CC1)NC(=O)N(Cc1ccc(-n3cccn3)cc1)C2=O)c1ccccc1. The van der Waals surface area contributed by atoms with Gasteiger partial charge in [0.2, 0.25) is 5.91 Å². The van der Waals surface area contributed by atoms with Crippen molar-refractivity contribution in [3.63, 3.8) is 0 Å². The second-order valence-electron chi connectivity index (χ2n) is 10.8. The number of likely N-dealkylation sites (tertiary alicyclic amines) is 1. The van der Waals surface area contributed by atoms with Crippen molar-refractivity contribution < 1.29 is 14.4 Å². The Hall–Kier alpha value is -3.98. The number of piperidine rings is 1. The molecule has 1 aromatic heterocycles. The van der Waals surface area contributed by atoms with E-state index in [9.17, 15) is 14.4 Å². The molecule has 2 aliphatic rings. The molecular weight excluding hydrogens is 492 g/mol. The van der Waals surface area contributed by atoms with E-state index >= 15 is 0 Å². The zero-order valence-electron chi connectivity index (χ0n) is 22.5. The maximum atomic E-state index is 13.5. The molecule has 4 amide bonds. The van der Waals surface area contributed by atoms with Gasteiger partial charge in [0.15, 0.2) is 0 Å². The van der Waals surface area contributed by atoms with Gasteiger partial charge in [0.25, 0.3) is 5.91 Å². The highest BCUT2D eigenvalue weighted by molar-refractivity contribution is 6.07. The highest BCUT2D eigenvalue weighted by Gasteiger charge is 2.52. The molecule has 3 aromatic rings. The third kappa shape index (κ3) is 5.88. The molecule has 1 spiro atoms. The van der Waals surface area contributed by atoms with Crippen molar-refractivity contribution in [2.24, 2.45) is 5.92 Å². The number of carbonyl (C=O) groups excluding carboxylic acids is 3. The van der Waals surface area contributed by atoms with Gasteiger partial charge in [0.1, 0.15) is 5.54 Å². The zero-order chi connectivity index (χ0) is 27.4. The fourth-order valence-corrected chi connectivity index (χ4v) is 5.33. The van der Waals surface area contributed by atoms with Crippen LogP contribution in [-0.2, 0) is 16.1 Å². The molecule has 1 unspecified atom stereocenters. The van der Waals surface area contributed by atoms with E-state index in [2.05, 4.69) is 20.6 Å². The molecule has 1 atom stereocenters. The minimum Gasteiger partial charge on any atom is -0.349 e. The lowest BCUT2D eigenvalue weighted by molar-refractivity contribution is -0.133. The summed E-state index contributed by atoms with van der Waals surface area (Å²) >= 11 is 0. The summed E-state index contributed by atoms with van der Waals surface area (Å²) in [6.45, 7) is 6.24. The number of benzene rings is 2. The number of hydrogen-bond acceptors (Lipinski definition) is 5.